The van der Waals surface area contributed by atoms with Gasteiger partial charge in [-0.2, -0.15) is 0 Å². The molecule has 2 heterocycles. The van der Waals surface area contributed by atoms with E-state index < -0.39 is 0 Å². The molecule has 2 nitrogen and oxygen atoms in total. The minimum atomic E-state index is 1.14. The average Bonchev–Trinajstić information content (AvgIpc) is 4.12. The Hall–Kier alpha value is -10.5. The predicted molar refractivity (Wildman–Crippen MR) is 339 cm³/mol. The van der Waals surface area contributed by atoms with E-state index in [4.69, 9.17) is 0 Å². The highest BCUT2D eigenvalue weighted by atomic mass is 15.0. The van der Waals surface area contributed by atoms with Gasteiger partial charge in [0, 0.05) is 32.8 Å². The lowest BCUT2D eigenvalue weighted by Gasteiger charge is -2.14. The van der Waals surface area contributed by atoms with Gasteiger partial charge in [-0.25, -0.2) is 0 Å². The Bertz CT molecular complexity index is 4790. The van der Waals surface area contributed by atoms with Crippen molar-refractivity contribution in [1.29, 1.82) is 0 Å². The van der Waals surface area contributed by atoms with Gasteiger partial charge in [-0.3, -0.25) is 0 Å². The molecule has 0 N–H and O–H groups in total. The van der Waals surface area contributed by atoms with Crippen LogP contribution in [-0.4, -0.2) is 9.13 Å². The molecule has 15 aromatic rings. The maximum atomic E-state index is 2.43. The summed E-state index contributed by atoms with van der Waals surface area (Å²) in [4.78, 5) is 0. The fourth-order valence-electron chi connectivity index (χ4n) is 12.2. The third kappa shape index (κ3) is 8.39. The van der Waals surface area contributed by atoms with Crippen LogP contribution in [0.3, 0.4) is 0 Å². The summed E-state index contributed by atoms with van der Waals surface area (Å²) in [6, 6.07) is 115. The molecule has 0 atom stereocenters. The van der Waals surface area contributed by atoms with Crippen molar-refractivity contribution < 1.29 is 0 Å². The lowest BCUT2D eigenvalue weighted by Crippen LogP contribution is -1.97. The van der Waals surface area contributed by atoms with E-state index in [0.29, 0.717) is 0 Å². The first-order valence-corrected chi connectivity index (χ1v) is 27.5. The summed E-state index contributed by atoms with van der Waals surface area (Å²) in [5.41, 5.74) is 26.3. The van der Waals surface area contributed by atoms with Crippen LogP contribution in [0, 0.1) is 0 Å². The summed E-state index contributed by atoms with van der Waals surface area (Å²) in [7, 11) is 0. The van der Waals surface area contributed by atoms with E-state index in [1.807, 2.05) is 0 Å². The van der Waals surface area contributed by atoms with E-state index in [2.05, 4.69) is 325 Å². The average molecular weight is 1020 g/mol. The fraction of sp³-hybridized carbons (Fsp3) is 0. The smallest absolute Gasteiger partial charge is 0.0541 e. The van der Waals surface area contributed by atoms with Crippen molar-refractivity contribution in [2.75, 3.05) is 0 Å². The standard InChI is InChI=1S/C78H52N2/c1-3-17-53(18-4-1)59-21-13-23-61(47-59)63-25-15-26-64(49-63)62-24-14-22-60(48-62)56-39-35-54(36-40-56)55-37-41-57(42-38-55)65-27-16-28-68(50-65)79-75-33-11-8-30-70(75)72-51-66(43-45-77(72)79)67-44-46-78-73(52-67)71-31-9-12-34-76(71)80(78)74-32-10-7-29-69(74)58-19-5-2-6-20-58/h1-52H. The molecule has 0 spiro atoms. The molecule has 80 heavy (non-hydrogen) atoms. The number of benzene rings is 13. The molecule has 0 saturated heterocycles. The highest BCUT2D eigenvalue weighted by Gasteiger charge is 2.19. The molecular formula is C78H52N2. The maximum absolute atomic E-state index is 2.43. The Morgan fingerprint density at radius 2 is 0.475 bits per heavy atom. The molecule has 2 aromatic heterocycles. The number of rotatable bonds is 10. The number of hydrogen-bond acceptors (Lipinski definition) is 0. The molecule has 0 bridgehead atoms. The number of nitrogens with zero attached hydrogens (tertiary/aromatic N) is 2. The zero-order valence-corrected chi connectivity index (χ0v) is 43.9. The van der Waals surface area contributed by atoms with E-state index >= 15 is 0 Å². The van der Waals surface area contributed by atoms with Crippen LogP contribution in [0.25, 0.3) is 144 Å². The van der Waals surface area contributed by atoms with Gasteiger partial charge in [-0.15, -0.1) is 0 Å². The molecule has 13 aromatic carbocycles. The molecule has 0 aliphatic heterocycles. The summed E-state index contributed by atoms with van der Waals surface area (Å²) in [5, 5.41) is 4.95. The second-order valence-corrected chi connectivity index (χ2v) is 20.9. The van der Waals surface area contributed by atoms with Crippen molar-refractivity contribution in [2.45, 2.75) is 0 Å². The lowest BCUT2D eigenvalue weighted by atomic mass is 9.94. The first kappa shape index (κ1) is 46.7. The zero-order chi connectivity index (χ0) is 52.9. The van der Waals surface area contributed by atoms with E-state index in [1.54, 1.807) is 0 Å². The summed E-state index contributed by atoms with van der Waals surface area (Å²) in [5.74, 6) is 0. The number of aromatic nitrogens is 2. The fourth-order valence-corrected chi connectivity index (χ4v) is 12.2. The van der Waals surface area contributed by atoms with Gasteiger partial charge in [0.2, 0.25) is 0 Å². The molecule has 2 heteroatoms. The highest BCUT2D eigenvalue weighted by Crippen LogP contribution is 2.41. The van der Waals surface area contributed by atoms with Crippen LogP contribution < -0.4 is 0 Å². The van der Waals surface area contributed by atoms with E-state index in [9.17, 15) is 0 Å². The molecule has 0 aliphatic rings. The quantitative estimate of drug-likeness (QED) is 0.129. The van der Waals surface area contributed by atoms with Gasteiger partial charge in [0.1, 0.15) is 0 Å². The zero-order valence-electron chi connectivity index (χ0n) is 43.9. The van der Waals surface area contributed by atoms with Gasteiger partial charge in [0.15, 0.2) is 0 Å². The van der Waals surface area contributed by atoms with Crippen LogP contribution in [-0.2, 0) is 0 Å². The van der Waals surface area contributed by atoms with E-state index in [-0.39, 0.29) is 0 Å². The topological polar surface area (TPSA) is 9.86 Å². The molecule has 0 radical (unpaired) electrons. The predicted octanol–water partition coefficient (Wildman–Crippen LogP) is 21.2. The van der Waals surface area contributed by atoms with Gasteiger partial charge in [0.25, 0.3) is 0 Å². The Kier molecular flexibility index (Phi) is 11.6. The number of fused-ring (bicyclic) bond motifs is 6. The molecule has 0 saturated carbocycles. The molecular weight excluding hydrogens is 965 g/mol. The van der Waals surface area contributed by atoms with Crippen LogP contribution >= 0.6 is 0 Å². The highest BCUT2D eigenvalue weighted by molar-refractivity contribution is 6.13. The van der Waals surface area contributed by atoms with Gasteiger partial charge in [-0.1, -0.05) is 243 Å². The second-order valence-electron chi connectivity index (χ2n) is 20.9. The second kappa shape index (κ2) is 19.8. The van der Waals surface area contributed by atoms with E-state index in [0.717, 1.165) is 5.69 Å². The molecule has 0 fully saturated rings. The first-order chi connectivity index (χ1) is 39.6. The van der Waals surface area contributed by atoms with Crippen molar-refractivity contribution in [3.8, 4) is 100 Å². The summed E-state index contributed by atoms with van der Waals surface area (Å²) < 4.78 is 4.86. The SMILES string of the molecule is c1ccc(-c2cccc(-c3cccc(-c4cccc(-c5ccc(-c6ccc(-c7cccc(-n8c9ccccc9c9cc(-c%10ccc%11c(c%10)c%10ccccc%10n%11-c%10ccccc%10-c%10ccccc%10)ccc98)c7)cc6)cc5)c4)c3)c2)cc1. The Labute approximate surface area is 466 Å². The third-order valence-electron chi connectivity index (χ3n) is 16.1. The van der Waals surface area contributed by atoms with Crippen LogP contribution in [0.4, 0.5) is 0 Å². The van der Waals surface area contributed by atoms with Gasteiger partial charge < -0.3 is 9.13 Å². The third-order valence-corrected chi connectivity index (χ3v) is 16.1. The van der Waals surface area contributed by atoms with E-state index in [1.165, 1.54) is 138 Å². The molecule has 0 unspecified atom stereocenters. The van der Waals surface area contributed by atoms with Crippen molar-refractivity contribution in [3.05, 3.63) is 315 Å². The summed E-state index contributed by atoms with van der Waals surface area (Å²) in [6.07, 6.45) is 0. The van der Waals surface area contributed by atoms with Crippen LogP contribution in [0.5, 0.6) is 0 Å². The maximum Gasteiger partial charge on any atom is 0.0541 e. The summed E-state index contributed by atoms with van der Waals surface area (Å²) in [6.45, 7) is 0. The molecule has 374 valence electrons. The van der Waals surface area contributed by atoms with Crippen molar-refractivity contribution >= 4 is 43.6 Å². The van der Waals surface area contributed by atoms with Crippen LogP contribution in [0.2, 0.25) is 0 Å². The van der Waals surface area contributed by atoms with Crippen molar-refractivity contribution in [2.24, 2.45) is 0 Å². The van der Waals surface area contributed by atoms with Gasteiger partial charge >= 0.3 is 0 Å². The Morgan fingerprint density at radius 1 is 0.163 bits per heavy atom. The van der Waals surface area contributed by atoms with Crippen molar-refractivity contribution in [1.82, 2.24) is 9.13 Å². The molecule has 15 rings (SSSR count). The number of hydrogen-bond donors (Lipinski definition) is 0. The normalized spacial score (nSPS) is 11.5. The monoisotopic (exact) mass is 1020 g/mol. The first-order valence-electron chi connectivity index (χ1n) is 27.5. The summed E-state index contributed by atoms with van der Waals surface area (Å²) >= 11 is 0. The molecule has 0 amide bonds. The van der Waals surface area contributed by atoms with Gasteiger partial charge in [-0.05, 0) is 156 Å². The Balaban J connectivity index is 0.699. The minimum Gasteiger partial charge on any atom is -0.309 e. The minimum absolute atomic E-state index is 1.14. The van der Waals surface area contributed by atoms with Crippen LogP contribution in [0.1, 0.15) is 0 Å². The molecule has 0 aliphatic carbocycles. The lowest BCUT2D eigenvalue weighted by molar-refractivity contribution is 1.18. The van der Waals surface area contributed by atoms with Crippen LogP contribution in [0.15, 0.2) is 315 Å². The Morgan fingerprint density at radius 3 is 0.988 bits per heavy atom. The number of para-hydroxylation sites is 3. The van der Waals surface area contributed by atoms with Crippen molar-refractivity contribution in [3.63, 3.8) is 0 Å². The van der Waals surface area contributed by atoms with Gasteiger partial charge in [0.05, 0.1) is 27.8 Å². The largest absolute Gasteiger partial charge is 0.309 e.